The summed E-state index contributed by atoms with van der Waals surface area (Å²) >= 11 is 0. The topological polar surface area (TPSA) is 27.7 Å². The molecule has 0 aliphatic carbocycles. The molecule has 0 unspecified atom stereocenters. The maximum absolute atomic E-state index is 15.4. The van der Waals surface area contributed by atoms with Gasteiger partial charge in [0.15, 0.2) is 29.8 Å². The van der Waals surface area contributed by atoms with Crippen molar-refractivity contribution in [3.63, 3.8) is 0 Å². The zero-order valence-corrected chi connectivity index (χ0v) is 20.8. The molecule has 0 aromatic heterocycles. The van der Waals surface area contributed by atoms with Crippen molar-refractivity contribution in [2.24, 2.45) is 0 Å². The highest BCUT2D eigenvalue weighted by Crippen LogP contribution is 2.37. The molecular weight excluding hydrogens is 510 g/mol. The largest absolute Gasteiger partial charge is 0.478 e. The molecule has 0 spiro atoms. The zero-order valence-electron chi connectivity index (χ0n) is 20.8. The summed E-state index contributed by atoms with van der Waals surface area (Å²) in [5, 5.41) is 1.05. The van der Waals surface area contributed by atoms with Gasteiger partial charge in [0.25, 0.3) is 0 Å². The highest BCUT2D eigenvalue weighted by molar-refractivity contribution is 5.84. The maximum atomic E-state index is 15.4. The van der Waals surface area contributed by atoms with Crippen LogP contribution in [0.3, 0.4) is 0 Å². The maximum Gasteiger partial charge on any atom is 0.422 e. The van der Waals surface area contributed by atoms with Crippen molar-refractivity contribution in [2.45, 2.75) is 51.0 Å². The van der Waals surface area contributed by atoms with Crippen LogP contribution in [0.2, 0.25) is 0 Å². The average molecular weight is 539 g/mol. The van der Waals surface area contributed by atoms with Gasteiger partial charge in [0.1, 0.15) is 5.82 Å². The van der Waals surface area contributed by atoms with Crippen LogP contribution >= 0.6 is 0 Å². The zero-order chi connectivity index (χ0) is 27.3. The molecule has 204 valence electrons. The molecule has 3 aromatic carbocycles. The second-order valence-corrected chi connectivity index (χ2v) is 9.18. The van der Waals surface area contributed by atoms with E-state index in [9.17, 15) is 22.0 Å². The van der Waals surface area contributed by atoms with Crippen LogP contribution in [0.4, 0.5) is 26.3 Å². The Morgan fingerprint density at radius 2 is 1.66 bits per heavy atom. The molecule has 1 heterocycles. The van der Waals surface area contributed by atoms with E-state index in [1.54, 1.807) is 24.3 Å². The van der Waals surface area contributed by atoms with E-state index in [1.807, 2.05) is 25.1 Å². The number of fused-ring (bicyclic) bond motifs is 1. The van der Waals surface area contributed by atoms with Crippen molar-refractivity contribution in [3.05, 3.63) is 88.8 Å². The van der Waals surface area contributed by atoms with Gasteiger partial charge < -0.3 is 14.2 Å². The molecule has 9 heteroatoms. The number of hydrogen-bond acceptors (Lipinski definition) is 3. The third kappa shape index (κ3) is 6.50. The second-order valence-electron chi connectivity index (χ2n) is 9.18. The van der Waals surface area contributed by atoms with E-state index in [0.717, 1.165) is 30.5 Å². The van der Waals surface area contributed by atoms with Crippen LogP contribution < -0.4 is 4.74 Å². The minimum absolute atomic E-state index is 0.0731. The van der Waals surface area contributed by atoms with E-state index < -0.39 is 41.8 Å². The Morgan fingerprint density at radius 3 is 2.32 bits per heavy atom. The van der Waals surface area contributed by atoms with Crippen LogP contribution in [0.1, 0.15) is 42.9 Å². The predicted octanol–water partition coefficient (Wildman–Crippen LogP) is 7.93. The summed E-state index contributed by atoms with van der Waals surface area (Å²) in [7, 11) is 0. The van der Waals surface area contributed by atoms with E-state index in [-0.39, 0.29) is 18.4 Å². The molecule has 0 N–H and O–H groups in total. The number of rotatable bonds is 9. The average Bonchev–Trinajstić information content (AvgIpc) is 2.88. The van der Waals surface area contributed by atoms with Crippen molar-refractivity contribution >= 4 is 10.8 Å². The molecule has 1 saturated heterocycles. The summed E-state index contributed by atoms with van der Waals surface area (Å²) in [6.45, 7) is 1.27. The van der Waals surface area contributed by atoms with E-state index in [2.05, 4.69) is 4.74 Å². The third-order valence-electron chi connectivity index (χ3n) is 6.43. The lowest BCUT2D eigenvalue weighted by atomic mass is 9.94. The fourth-order valence-corrected chi connectivity index (χ4v) is 4.56. The van der Waals surface area contributed by atoms with Gasteiger partial charge in [0, 0.05) is 17.4 Å². The Kier molecular flexibility index (Phi) is 8.67. The SMILES string of the molecule is C/C=C/CCC1(c2ccc3c(F)c(CCc4cc(F)c(OCC(F)(F)F)c(F)c4)ccc3c2)OCCCO1. The molecule has 0 radical (unpaired) electrons. The van der Waals surface area contributed by atoms with Gasteiger partial charge in [-0.15, -0.1) is 0 Å². The molecule has 1 aliphatic heterocycles. The van der Waals surface area contributed by atoms with Crippen LogP contribution in [-0.4, -0.2) is 26.0 Å². The van der Waals surface area contributed by atoms with Crippen LogP contribution in [0, 0.1) is 17.5 Å². The number of benzene rings is 3. The molecule has 0 saturated carbocycles. The Morgan fingerprint density at radius 1 is 0.947 bits per heavy atom. The summed E-state index contributed by atoms with van der Waals surface area (Å²) in [4.78, 5) is 0. The number of ether oxygens (including phenoxy) is 3. The summed E-state index contributed by atoms with van der Waals surface area (Å²) in [5.74, 6) is -4.93. The molecule has 0 bridgehead atoms. The van der Waals surface area contributed by atoms with Crippen LogP contribution in [0.15, 0.2) is 54.6 Å². The summed E-state index contributed by atoms with van der Waals surface area (Å²) in [6, 6.07) is 10.5. The molecule has 0 atom stereocenters. The lowest BCUT2D eigenvalue weighted by molar-refractivity contribution is -0.279. The van der Waals surface area contributed by atoms with Gasteiger partial charge in [-0.2, -0.15) is 13.2 Å². The lowest BCUT2D eigenvalue weighted by Gasteiger charge is -2.37. The number of hydrogen-bond donors (Lipinski definition) is 0. The monoisotopic (exact) mass is 538 g/mol. The van der Waals surface area contributed by atoms with Gasteiger partial charge in [0.2, 0.25) is 0 Å². The Labute approximate surface area is 217 Å². The fourth-order valence-electron chi connectivity index (χ4n) is 4.56. The molecule has 1 aliphatic rings. The van der Waals surface area contributed by atoms with Gasteiger partial charge in [0.05, 0.1) is 13.2 Å². The fraction of sp³-hybridized carbons (Fsp3) is 0.379. The van der Waals surface area contributed by atoms with Gasteiger partial charge >= 0.3 is 6.18 Å². The first kappa shape index (κ1) is 28.0. The molecule has 0 amide bonds. The van der Waals surface area contributed by atoms with Crippen LogP contribution in [0.25, 0.3) is 10.8 Å². The Bertz CT molecular complexity index is 1270. The summed E-state index contributed by atoms with van der Waals surface area (Å²) < 4.78 is 97.1. The number of allylic oxidation sites excluding steroid dienone is 2. The highest BCUT2D eigenvalue weighted by Gasteiger charge is 2.36. The van der Waals surface area contributed by atoms with Gasteiger partial charge in [-0.1, -0.05) is 36.4 Å². The summed E-state index contributed by atoms with van der Waals surface area (Å²) in [5.41, 5.74) is 1.32. The van der Waals surface area contributed by atoms with Gasteiger partial charge in [-0.3, -0.25) is 0 Å². The minimum atomic E-state index is -4.73. The smallest absolute Gasteiger partial charge is 0.422 e. The molecular formula is C29H28F6O3. The van der Waals surface area contributed by atoms with Crippen LogP contribution in [-0.2, 0) is 28.1 Å². The van der Waals surface area contributed by atoms with E-state index in [4.69, 9.17) is 9.47 Å². The molecule has 38 heavy (non-hydrogen) atoms. The molecule has 3 aromatic rings. The predicted molar refractivity (Wildman–Crippen MR) is 131 cm³/mol. The molecule has 3 nitrogen and oxygen atoms in total. The number of alkyl halides is 3. The van der Waals surface area contributed by atoms with Crippen molar-refractivity contribution < 1.29 is 40.6 Å². The molecule has 1 fully saturated rings. The molecule has 4 rings (SSSR count). The second kappa shape index (κ2) is 11.8. The standard InChI is InChI=1S/C29H28F6O3/c1-2-3-4-12-28(37-13-5-14-38-28)22-10-11-23-21(17-22)9-8-20(26(23)32)7-6-19-15-24(30)27(25(31)16-19)36-18-29(33,34)35/h2-3,8-11,15-17H,4-7,12-14,18H2,1H3/b3-2+. The Balaban J connectivity index is 1.52. The first-order valence-corrected chi connectivity index (χ1v) is 12.4. The normalized spacial score (nSPS) is 15.9. The Hall–Kier alpha value is -3.04. The van der Waals surface area contributed by atoms with Gasteiger partial charge in [-0.25, -0.2) is 13.2 Å². The van der Waals surface area contributed by atoms with Crippen molar-refractivity contribution in [3.8, 4) is 5.75 Å². The minimum Gasteiger partial charge on any atom is -0.478 e. The van der Waals surface area contributed by atoms with E-state index >= 15 is 4.39 Å². The highest BCUT2D eigenvalue weighted by atomic mass is 19.4. The van der Waals surface area contributed by atoms with E-state index in [0.29, 0.717) is 36.0 Å². The van der Waals surface area contributed by atoms with Gasteiger partial charge in [-0.05, 0) is 67.3 Å². The first-order valence-electron chi connectivity index (χ1n) is 12.4. The van der Waals surface area contributed by atoms with Crippen molar-refractivity contribution in [1.82, 2.24) is 0 Å². The lowest BCUT2D eigenvalue weighted by Crippen LogP contribution is -2.38. The first-order chi connectivity index (χ1) is 18.1. The van der Waals surface area contributed by atoms with Crippen LogP contribution in [0.5, 0.6) is 5.75 Å². The third-order valence-corrected chi connectivity index (χ3v) is 6.43. The number of halogens is 6. The summed E-state index contributed by atoms with van der Waals surface area (Å²) in [6.07, 6.45) is 1.66. The van der Waals surface area contributed by atoms with Crippen molar-refractivity contribution in [1.29, 1.82) is 0 Å². The number of aryl methyl sites for hydroxylation is 2. The van der Waals surface area contributed by atoms with E-state index in [1.165, 1.54) is 0 Å². The quantitative estimate of drug-likeness (QED) is 0.205. The van der Waals surface area contributed by atoms with Crippen molar-refractivity contribution in [2.75, 3.05) is 19.8 Å².